The first kappa shape index (κ1) is 11.6. The Morgan fingerprint density at radius 1 is 1.69 bits per heavy atom. The maximum Gasteiger partial charge on any atom is 0.307 e. The van der Waals surface area contributed by atoms with E-state index in [1.54, 1.807) is 13.8 Å². The number of nitriles is 1. The molecule has 0 heterocycles. The van der Waals surface area contributed by atoms with E-state index in [0.717, 1.165) is 0 Å². The lowest BCUT2D eigenvalue weighted by atomic mass is 9.91. The molecule has 0 aliphatic rings. The minimum Gasteiger partial charge on any atom is -0.481 e. The minimum atomic E-state index is -0.949. The Morgan fingerprint density at radius 3 is 2.54 bits per heavy atom. The van der Waals surface area contributed by atoms with Crippen molar-refractivity contribution in [1.82, 2.24) is 0 Å². The number of hydrogen-bond donors (Lipinski definition) is 2. The Hall–Kier alpha value is -1.37. The van der Waals surface area contributed by atoms with Crippen LogP contribution in [0.2, 0.25) is 0 Å². The van der Waals surface area contributed by atoms with Gasteiger partial charge in [0.05, 0.1) is 12.0 Å². The van der Waals surface area contributed by atoms with E-state index in [-0.39, 0.29) is 12.3 Å². The molecule has 2 atom stereocenters. The van der Waals surface area contributed by atoms with Gasteiger partial charge in [-0.1, -0.05) is 6.92 Å². The first-order valence-corrected chi connectivity index (χ1v) is 4.13. The van der Waals surface area contributed by atoms with Crippen LogP contribution in [0.15, 0.2) is 0 Å². The van der Waals surface area contributed by atoms with Crippen molar-refractivity contribution >= 4 is 11.7 Å². The van der Waals surface area contributed by atoms with Gasteiger partial charge in [-0.25, -0.2) is 0 Å². The van der Waals surface area contributed by atoms with Gasteiger partial charge in [-0.3, -0.25) is 4.79 Å². The maximum atomic E-state index is 10.6. The SMILES string of the molecule is CC(=N)C(C)CC(CC#N)C(=O)O. The quantitative estimate of drug-likeness (QED) is 0.634. The summed E-state index contributed by atoms with van der Waals surface area (Å²) in [5.74, 6) is -1.65. The number of rotatable bonds is 5. The minimum absolute atomic E-state index is 0.0208. The summed E-state index contributed by atoms with van der Waals surface area (Å²) in [7, 11) is 0. The summed E-state index contributed by atoms with van der Waals surface area (Å²) in [5.41, 5.74) is 0.462. The van der Waals surface area contributed by atoms with Gasteiger partial charge in [-0.15, -0.1) is 0 Å². The van der Waals surface area contributed by atoms with E-state index < -0.39 is 11.9 Å². The van der Waals surface area contributed by atoms with Gasteiger partial charge in [0, 0.05) is 12.1 Å². The summed E-state index contributed by atoms with van der Waals surface area (Å²) >= 11 is 0. The van der Waals surface area contributed by atoms with Crippen LogP contribution in [0.4, 0.5) is 0 Å². The molecule has 0 aromatic heterocycles. The van der Waals surface area contributed by atoms with E-state index in [9.17, 15) is 4.79 Å². The Kier molecular flexibility index (Phi) is 4.75. The zero-order valence-electron chi connectivity index (χ0n) is 7.87. The highest BCUT2D eigenvalue weighted by Gasteiger charge is 2.20. The van der Waals surface area contributed by atoms with Crippen LogP contribution in [0.1, 0.15) is 26.7 Å². The molecular weight excluding hydrogens is 168 g/mol. The Morgan fingerprint density at radius 2 is 2.23 bits per heavy atom. The number of nitrogens with zero attached hydrogens (tertiary/aromatic N) is 1. The van der Waals surface area contributed by atoms with E-state index in [4.69, 9.17) is 15.8 Å². The van der Waals surface area contributed by atoms with Gasteiger partial charge < -0.3 is 10.5 Å². The predicted molar refractivity (Wildman–Crippen MR) is 48.5 cm³/mol. The van der Waals surface area contributed by atoms with Gasteiger partial charge in [0.2, 0.25) is 0 Å². The molecular formula is C9H14N2O2. The molecule has 4 nitrogen and oxygen atoms in total. The summed E-state index contributed by atoms with van der Waals surface area (Å²) in [6.07, 6.45) is 0.394. The maximum absolute atomic E-state index is 10.6. The van der Waals surface area contributed by atoms with Crippen LogP contribution in [0.5, 0.6) is 0 Å². The van der Waals surface area contributed by atoms with E-state index in [2.05, 4.69) is 0 Å². The fraction of sp³-hybridized carbons (Fsp3) is 0.667. The van der Waals surface area contributed by atoms with E-state index in [1.807, 2.05) is 6.07 Å². The van der Waals surface area contributed by atoms with Gasteiger partial charge >= 0.3 is 5.97 Å². The van der Waals surface area contributed by atoms with Crippen LogP contribution in [-0.2, 0) is 4.79 Å². The van der Waals surface area contributed by atoms with Crippen molar-refractivity contribution in [2.75, 3.05) is 0 Å². The summed E-state index contributed by atoms with van der Waals surface area (Å²) in [5, 5.41) is 24.4. The second-order valence-electron chi connectivity index (χ2n) is 3.22. The number of carboxylic acid groups (broad SMARTS) is 1. The van der Waals surface area contributed by atoms with Crippen molar-refractivity contribution < 1.29 is 9.90 Å². The third-order valence-electron chi connectivity index (χ3n) is 2.06. The number of carboxylic acids is 1. The average molecular weight is 182 g/mol. The molecule has 0 rings (SSSR count). The summed E-state index contributed by atoms with van der Waals surface area (Å²) in [6.45, 7) is 3.45. The lowest BCUT2D eigenvalue weighted by molar-refractivity contribution is -0.141. The van der Waals surface area contributed by atoms with E-state index in [0.29, 0.717) is 12.1 Å². The molecule has 2 N–H and O–H groups in total. The predicted octanol–water partition coefficient (Wildman–Crippen LogP) is 1.67. The van der Waals surface area contributed by atoms with Crippen molar-refractivity contribution in [1.29, 1.82) is 10.7 Å². The highest BCUT2D eigenvalue weighted by Crippen LogP contribution is 2.16. The number of carbonyl (C=O) groups is 1. The highest BCUT2D eigenvalue weighted by atomic mass is 16.4. The molecule has 13 heavy (non-hydrogen) atoms. The van der Waals surface area contributed by atoms with Gasteiger partial charge in [0.25, 0.3) is 0 Å². The highest BCUT2D eigenvalue weighted by molar-refractivity contribution is 5.81. The molecule has 0 aliphatic heterocycles. The van der Waals surface area contributed by atoms with Crippen LogP contribution < -0.4 is 0 Å². The van der Waals surface area contributed by atoms with Crippen molar-refractivity contribution in [2.24, 2.45) is 11.8 Å². The van der Waals surface area contributed by atoms with Crippen molar-refractivity contribution in [3.05, 3.63) is 0 Å². The number of aliphatic carboxylic acids is 1. The molecule has 0 saturated heterocycles. The van der Waals surface area contributed by atoms with Crippen LogP contribution in [0.3, 0.4) is 0 Å². The third kappa shape index (κ3) is 4.26. The molecule has 2 unspecified atom stereocenters. The van der Waals surface area contributed by atoms with Crippen LogP contribution in [-0.4, -0.2) is 16.8 Å². The molecule has 0 amide bonds. The first-order chi connectivity index (χ1) is 5.99. The summed E-state index contributed by atoms with van der Waals surface area (Å²) < 4.78 is 0. The fourth-order valence-corrected chi connectivity index (χ4v) is 0.985. The molecule has 0 aromatic rings. The molecule has 72 valence electrons. The van der Waals surface area contributed by atoms with Crippen LogP contribution in [0.25, 0.3) is 0 Å². The molecule has 0 aliphatic carbocycles. The monoisotopic (exact) mass is 182 g/mol. The Balaban J connectivity index is 4.19. The lowest BCUT2D eigenvalue weighted by Gasteiger charge is -2.13. The topological polar surface area (TPSA) is 84.9 Å². The molecule has 0 aromatic carbocycles. The van der Waals surface area contributed by atoms with Crippen molar-refractivity contribution in [3.63, 3.8) is 0 Å². The third-order valence-corrected chi connectivity index (χ3v) is 2.06. The standard InChI is InChI=1S/C9H14N2O2/c1-6(7(2)11)5-8(3-4-10)9(12)13/h6,8,11H,3,5H2,1-2H3,(H,12,13). The normalized spacial score (nSPS) is 14.2. The molecule has 0 spiro atoms. The smallest absolute Gasteiger partial charge is 0.307 e. The Labute approximate surface area is 77.7 Å². The Bertz CT molecular complexity index is 242. The summed E-state index contributed by atoms with van der Waals surface area (Å²) in [4.78, 5) is 10.6. The van der Waals surface area contributed by atoms with E-state index in [1.165, 1.54) is 0 Å². The zero-order chi connectivity index (χ0) is 10.4. The molecule has 0 fully saturated rings. The van der Waals surface area contributed by atoms with Gasteiger partial charge in [0.1, 0.15) is 0 Å². The second-order valence-corrected chi connectivity index (χ2v) is 3.22. The van der Waals surface area contributed by atoms with Gasteiger partial charge in [-0.2, -0.15) is 5.26 Å². The van der Waals surface area contributed by atoms with Crippen LogP contribution >= 0.6 is 0 Å². The average Bonchev–Trinajstić information content (AvgIpc) is 2.03. The zero-order valence-corrected chi connectivity index (χ0v) is 7.87. The summed E-state index contributed by atoms with van der Waals surface area (Å²) in [6, 6.07) is 1.84. The van der Waals surface area contributed by atoms with E-state index >= 15 is 0 Å². The molecule has 4 heteroatoms. The molecule has 0 saturated carbocycles. The van der Waals surface area contributed by atoms with Crippen LogP contribution in [0, 0.1) is 28.6 Å². The largest absolute Gasteiger partial charge is 0.481 e. The number of hydrogen-bond acceptors (Lipinski definition) is 3. The molecule has 0 radical (unpaired) electrons. The number of nitrogens with one attached hydrogen (secondary N) is 1. The van der Waals surface area contributed by atoms with Gasteiger partial charge in [0.15, 0.2) is 0 Å². The lowest BCUT2D eigenvalue weighted by Crippen LogP contribution is -2.19. The second kappa shape index (κ2) is 5.31. The van der Waals surface area contributed by atoms with Crippen molar-refractivity contribution in [3.8, 4) is 6.07 Å². The van der Waals surface area contributed by atoms with Gasteiger partial charge in [-0.05, 0) is 19.3 Å². The fourth-order valence-electron chi connectivity index (χ4n) is 0.985. The molecule has 0 bridgehead atoms. The van der Waals surface area contributed by atoms with Crippen molar-refractivity contribution in [2.45, 2.75) is 26.7 Å². The first-order valence-electron chi connectivity index (χ1n) is 4.13.